The molecule has 0 unspecified atom stereocenters. The second-order valence-corrected chi connectivity index (χ2v) is 4.58. The van der Waals surface area contributed by atoms with Crippen LogP contribution in [0.4, 0.5) is 5.69 Å². The molecule has 6 nitrogen and oxygen atoms in total. The maximum atomic E-state index is 10.7. The van der Waals surface area contributed by atoms with E-state index in [1.165, 1.54) is 12.1 Å². The molecule has 6 heteroatoms. The molecule has 22 heavy (non-hydrogen) atoms. The molecule has 0 aliphatic carbocycles. The molecule has 0 amide bonds. The summed E-state index contributed by atoms with van der Waals surface area (Å²) in [4.78, 5) is 10.3. The van der Waals surface area contributed by atoms with Gasteiger partial charge in [-0.1, -0.05) is 30.3 Å². The number of nitriles is 1. The van der Waals surface area contributed by atoms with Crippen molar-refractivity contribution in [1.82, 2.24) is 9.78 Å². The average Bonchev–Trinajstić information content (AvgIpc) is 3.00. The normalized spacial score (nSPS) is 10.1. The number of nitro benzene ring substituents is 1. The third-order valence-electron chi connectivity index (χ3n) is 3.20. The summed E-state index contributed by atoms with van der Waals surface area (Å²) in [6.45, 7) is 0. The summed E-state index contributed by atoms with van der Waals surface area (Å²) in [5.74, 6) is 0. The summed E-state index contributed by atoms with van der Waals surface area (Å²) < 4.78 is 1.61. The highest BCUT2D eigenvalue weighted by atomic mass is 16.6. The highest BCUT2D eigenvalue weighted by Gasteiger charge is 2.12. The Morgan fingerprint density at radius 1 is 1.09 bits per heavy atom. The molecule has 0 atom stereocenters. The van der Waals surface area contributed by atoms with Gasteiger partial charge in [-0.3, -0.25) is 10.1 Å². The van der Waals surface area contributed by atoms with Crippen LogP contribution in [-0.2, 0) is 0 Å². The maximum Gasteiger partial charge on any atom is 0.269 e. The van der Waals surface area contributed by atoms with Crippen molar-refractivity contribution in [3.63, 3.8) is 0 Å². The van der Waals surface area contributed by atoms with Crippen LogP contribution < -0.4 is 0 Å². The Morgan fingerprint density at radius 3 is 2.36 bits per heavy atom. The Bertz CT molecular complexity index is 861. The zero-order valence-corrected chi connectivity index (χ0v) is 11.4. The second-order valence-electron chi connectivity index (χ2n) is 4.58. The van der Waals surface area contributed by atoms with Crippen molar-refractivity contribution in [2.24, 2.45) is 0 Å². The molecule has 106 valence electrons. The largest absolute Gasteiger partial charge is 0.269 e. The first-order chi connectivity index (χ1) is 10.7. The average molecular weight is 290 g/mol. The quantitative estimate of drug-likeness (QED) is 0.547. The number of non-ortho nitro benzene ring substituents is 1. The molecule has 0 saturated heterocycles. The lowest BCUT2D eigenvalue weighted by Gasteiger charge is -2.07. The molecule has 0 aliphatic heterocycles. The standard InChI is InChI=1S/C16H10N4O2/c17-11-13-10-16(12-4-2-1-3-5-12)19(18-13)14-6-8-15(9-7-14)20(21)22/h1-10H. The number of nitrogens with zero attached hydrogens (tertiary/aromatic N) is 4. The van der Waals surface area contributed by atoms with Crippen LogP contribution in [0, 0.1) is 21.4 Å². The number of hydrogen-bond donors (Lipinski definition) is 0. The lowest BCUT2D eigenvalue weighted by molar-refractivity contribution is -0.384. The van der Waals surface area contributed by atoms with E-state index in [0.29, 0.717) is 5.69 Å². The van der Waals surface area contributed by atoms with Crippen LogP contribution in [-0.4, -0.2) is 14.7 Å². The molecule has 0 fully saturated rings. The number of aromatic nitrogens is 2. The zero-order chi connectivity index (χ0) is 15.5. The van der Waals surface area contributed by atoms with E-state index in [2.05, 4.69) is 5.10 Å². The number of nitro groups is 1. The molecule has 0 saturated carbocycles. The molecule has 1 aromatic heterocycles. The maximum absolute atomic E-state index is 10.7. The van der Waals surface area contributed by atoms with Gasteiger partial charge < -0.3 is 0 Å². The SMILES string of the molecule is N#Cc1cc(-c2ccccc2)n(-c2ccc([N+](=O)[O-])cc2)n1. The molecule has 3 aromatic rings. The molecular weight excluding hydrogens is 280 g/mol. The minimum atomic E-state index is -0.453. The van der Waals surface area contributed by atoms with E-state index in [1.54, 1.807) is 22.9 Å². The first-order valence-corrected chi connectivity index (χ1v) is 6.49. The van der Waals surface area contributed by atoms with Gasteiger partial charge in [0, 0.05) is 23.8 Å². The highest BCUT2D eigenvalue weighted by Crippen LogP contribution is 2.24. The predicted molar refractivity (Wildman–Crippen MR) is 80.4 cm³/mol. The molecule has 0 radical (unpaired) electrons. The fourth-order valence-corrected chi connectivity index (χ4v) is 2.16. The predicted octanol–water partition coefficient (Wildman–Crippen LogP) is 3.32. The monoisotopic (exact) mass is 290 g/mol. The summed E-state index contributed by atoms with van der Waals surface area (Å²) in [6, 6.07) is 19.3. The van der Waals surface area contributed by atoms with E-state index in [-0.39, 0.29) is 11.4 Å². The minimum absolute atomic E-state index is 0.0117. The Morgan fingerprint density at radius 2 is 1.77 bits per heavy atom. The van der Waals surface area contributed by atoms with Gasteiger partial charge in [0.15, 0.2) is 5.69 Å². The van der Waals surface area contributed by atoms with E-state index >= 15 is 0 Å². The number of benzene rings is 2. The fourth-order valence-electron chi connectivity index (χ4n) is 2.16. The van der Waals surface area contributed by atoms with E-state index in [9.17, 15) is 10.1 Å². The van der Waals surface area contributed by atoms with Gasteiger partial charge in [-0.15, -0.1) is 0 Å². The zero-order valence-electron chi connectivity index (χ0n) is 11.4. The fraction of sp³-hybridized carbons (Fsp3) is 0. The van der Waals surface area contributed by atoms with Gasteiger partial charge in [-0.25, -0.2) is 4.68 Å². The molecular formula is C16H10N4O2. The molecule has 0 bridgehead atoms. The van der Waals surface area contributed by atoms with Crippen LogP contribution in [0.5, 0.6) is 0 Å². The number of hydrogen-bond acceptors (Lipinski definition) is 4. The third-order valence-corrected chi connectivity index (χ3v) is 3.20. The topological polar surface area (TPSA) is 84.8 Å². The molecule has 1 heterocycles. The van der Waals surface area contributed by atoms with Crippen molar-refractivity contribution in [3.8, 4) is 23.0 Å². The van der Waals surface area contributed by atoms with Gasteiger partial charge in [0.1, 0.15) is 6.07 Å². The van der Waals surface area contributed by atoms with Gasteiger partial charge >= 0.3 is 0 Å². The second kappa shape index (κ2) is 5.50. The molecule has 2 aromatic carbocycles. The lowest BCUT2D eigenvalue weighted by atomic mass is 10.1. The van der Waals surface area contributed by atoms with Crippen molar-refractivity contribution in [3.05, 3.63) is 76.5 Å². The molecule has 0 aliphatic rings. The van der Waals surface area contributed by atoms with Crippen molar-refractivity contribution in [2.45, 2.75) is 0 Å². The van der Waals surface area contributed by atoms with Crippen LogP contribution in [0.2, 0.25) is 0 Å². The van der Waals surface area contributed by atoms with Crippen LogP contribution in [0.25, 0.3) is 16.9 Å². The molecule has 0 spiro atoms. The van der Waals surface area contributed by atoms with Crippen LogP contribution in [0.3, 0.4) is 0 Å². The molecule has 0 N–H and O–H groups in total. The summed E-state index contributed by atoms with van der Waals surface area (Å²) in [5.41, 5.74) is 2.63. The van der Waals surface area contributed by atoms with Crippen molar-refractivity contribution >= 4 is 5.69 Å². The summed E-state index contributed by atoms with van der Waals surface area (Å²) in [5, 5.41) is 24.0. The first kappa shape index (κ1) is 13.5. The van der Waals surface area contributed by atoms with E-state index in [1.807, 2.05) is 36.4 Å². The van der Waals surface area contributed by atoms with Gasteiger partial charge in [0.25, 0.3) is 5.69 Å². The smallest absolute Gasteiger partial charge is 0.258 e. The van der Waals surface area contributed by atoms with Crippen molar-refractivity contribution < 1.29 is 4.92 Å². The van der Waals surface area contributed by atoms with E-state index in [0.717, 1.165) is 11.3 Å². The Balaban J connectivity index is 2.12. The number of rotatable bonds is 3. The summed E-state index contributed by atoms with van der Waals surface area (Å²) in [6.07, 6.45) is 0. The Kier molecular flexibility index (Phi) is 3.38. The van der Waals surface area contributed by atoms with Gasteiger partial charge in [0.2, 0.25) is 0 Å². The Labute approximate surface area is 126 Å². The van der Waals surface area contributed by atoms with Gasteiger partial charge in [-0.2, -0.15) is 10.4 Å². The minimum Gasteiger partial charge on any atom is -0.258 e. The van der Waals surface area contributed by atoms with E-state index < -0.39 is 4.92 Å². The Hall–Kier alpha value is -3.46. The van der Waals surface area contributed by atoms with Crippen LogP contribution in [0.1, 0.15) is 5.69 Å². The first-order valence-electron chi connectivity index (χ1n) is 6.49. The van der Waals surface area contributed by atoms with Crippen molar-refractivity contribution in [2.75, 3.05) is 0 Å². The summed E-state index contributed by atoms with van der Waals surface area (Å²) >= 11 is 0. The van der Waals surface area contributed by atoms with Gasteiger partial charge in [0.05, 0.1) is 16.3 Å². The molecule has 3 rings (SSSR count). The third kappa shape index (κ3) is 2.43. The lowest BCUT2D eigenvalue weighted by Crippen LogP contribution is -1.99. The van der Waals surface area contributed by atoms with Gasteiger partial charge in [-0.05, 0) is 12.1 Å². The summed E-state index contributed by atoms with van der Waals surface area (Å²) in [7, 11) is 0. The van der Waals surface area contributed by atoms with Crippen molar-refractivity contribution in [1.29, 1.82) is 5.26 Å². The highest BCUT2D eigenvalue weighted by molar-refractivity contribution is 5.63. The van der Waals surface area contributed by atoms with Crippen LogP contribution in [0.15, 0.2) is 60.7 Å². The van der Waals surface area contributed by atoms with Crippen LogP contribution >= 0.6 is 0 Å². The van der Waals surface area contributed by atoms with E-state index in [4.69, 9.17) is 5.26 Å².